The third-order valence-electron chi connectivity index (χ3n) is 3.20. The average molecular weight is 319 g/mol. The van der Waals surface area contributed by atoms with Crippen molar-refractivity contribution in [3.05, 3.63) is 77.1 Å². The summed E-state index contributed by atoms with van der Waals surface area (Å²) >= 11 is 0. The molecule has 0 unspecified atom stereocenters. The van der Waals surface area contributed by atoms with E-state index in [2.05, 4.69) is 27.0 Å². The second-order valence-electron chi connectivity index (χ2n) is 5.21. The van der Waals surface area contributed by atoms with E-state index in [1.807, 2.05) is 26.0 Å². The van der Waals surface area contributed by atoms with E-state index in [1.165, 1.54) is 12.1 Å². The summed E-state index contributed by atoms with van der Waals surface area (Å²) in [6, 6.07) is 11.6. The number of benzene rings is 2. The van der Waals surface area contributed by atoms with Gasteiger partial charge in [-0.05, 0) is 55.7 Å². The van der Waals surface area contributed by atoms with E-state index in [-0.39, 0.29) is 5.82 Å². The lowest BCUT2D eigenvalue weighted by Crippen LogP contribution is -1.94. The molecule has 0 radical (unpaired) electrons. The van der Waals surface area contributed by atoms with Gasteiger partial charge in [-0.15, -0.1) is 5.10 Å². The van der Waals surface area contributed by atoms with E-state index in [1.54, 1.807) is 24.4 Å². The van der Waals surface area contributed by atoms with Crippen LogP contribution in [-0.4, -0.2) is 15.2 Å². The molecule has 0 N–H and O–H groups in total. The van der Waals surface area contributed by atoms with Gasteiger partial charge in [-0.2, -0.15) is 5.10 Å². The molecular weight excluding hydrogens is 305 g/mol. The van der Waals surface area contributed by atoms with E-state index in [4.69, 9.17) is 4.74 Å². The third-order valence-corrected chi connectivity index (χ3v) is 3.20. The number of ether oxygens (including phenoxy) is 1. The summed E-state index contributed by atoms with van der Waals surface area (Å²) in [6.07, 6.45) is 1.58. The maximum Gasteiger partial charge on any atom is 0.226 e. The van der Waals surface area contributed by atoms with E-state index in [0.29, 0.717) is 17.3 Å². The van der Waals surface area contributed by atoms with Gasteiger partial charge >= 0.3 is 0 Å². The molecule has 24 heavy (non-hydrogen) atoms. The summed E-state index contributed by atoms with van der Waals surface area (Å²) < 4.78 is 18.9. The molecule has 0 aliphatic heterocycles. The molecule has 0 amide bonds. The molecule has 0 fully saturated rings. The van der Waals surface area contributed by atoms with Crippen molar-refractivity contribution in [2.45, 2.75) is 13.8 Å². The predicted molar refractivity (Wildman–Crippen MR) is 88.2 cm³/mol. The van der Waals surface area contributed by atoms with Crippen LogP contribution in [-0.2, 0) is 0 Å². The molecule has 5 heteroatoms. The molecule has 0 bridgehead atoms. The molecule has 2 aromatic carbocycles. The van der Waals surface area contributed by atoms with Gasteiger partial charge in [0.1, 0.15) is 17.3 Å². The van der Waals surface area contributed by atoms with Crippen LogP contribution in [0, 0.1) is 31.5 Å². The lowest BCUT2D eigenvalue weighted by Gasteiger charge is -2.08. The van der Waals surface area contributed by atoms with Crippen molar-refractivity contribution in [2.75, 3.05) is 0 Å². The first-order chi connectivity index (χ1) is 11.6. The van der Waals surface area contributed by atoms with Gasteiger partial charge in [0.15, 0.2) is 0 Å². The first kappa shape index (κ1) is 15.6. The van der Waals surface area contributed by atoms with Crippen molar-refractivity contribution >= 4 is 0 Å². The van der Waals surface area contributed by atoms with Crippen LogP contribution in [0.25, 0.3) is 0 Å². The van der Waals surface area contributed by atoms with Crippen LogP contribution in [0.4, 0.5) is 4.39 Å². The quantitative estimate of drug-likeness (QED) is 0.674. The Bertz CT molecular complexity index is 945. The van der Waals surface area contributed by atoms with Crippen LogP contribution in [0.2, 0.25) is 0 Å². The first-order valence-corrected chi connectivity index (χ1v) is 7.32. The molecule has 118 valence electrons. The van der Waals surface area contributed by atoms with Crippen LogP contribution in [0.5, 0.6) is 11.5 Å². The zero-order chi connectivity index (χ0) is 16.9. The Morgan fingerprint density at radius 3 is 2.67 bits per heavy atom. The van der Waals surface area contributed by atoms with Gasteiger partial charge < -0.3 is 4.74 Å². The van der Waals surface area contributed by atoms with Crippen molar-refractivity contribution < 1.29 is 9.13 Å². The average Bonchev–Trinajstić information content (AvgIpc) is 2.55. The standard InChI is InChI=1S/C19H14FN3O/c1-13-10-15(7-9-19-22-14(2)12-21-23-19)6-8-18(13)24-17-5-3-4-16(20)11-17/h3-6,8,10-12H,1-2H3. The normalized spacial score (nSPS) is 9.96. The predicted octanol–water partition coefficient (Wildman–Crippen LogP) is 3.82. The Morgan fingerprint density at radius 1 is 1.04 bits per heavy atom. The SMILES string of the molecule is Cc1cnnc(C#Cc2ccc(Oc3cccc(F)c3)c(C)c2)n1. The van der Waals surface area contributed by atoms with Gasteiger partial charge in [0.05, 0.1) is 11.9 Å². The minimum absolute atomic E-state index is 0.334. The molecule has 0 aliphatic rings. The van der Waals surface area contributed by atoms with E-state index in [9.17, 15) is 4.39 Å². The fraction of sp³-hybridized carbons (Fsp3) is 0.105. The highest BCUT2D eigenvalue weighted by atomic mass is 19.1. The summed E-state index contributed by atoms with van der Waals surface area (Å²) in [7, 11) is 0. The molecule has 0 saturated heterocycles. The fourth-order valence-corrected chi connectivity index (χ4v) is 2.07. The lowest BCUT2D eigenvalue weighted by atomic mass is 10.1. The molecular formula is C19H14FN3O. The van der Waals surface area contributed by atoms with Crippen molar-refractivity contribution in [2.24, 2.45) is 0 Å². The summed E-state index contributed by atoms with van der Waals surface area (Å²) in [5.41, 5.74) is 2.47. The topological polar surface area (TPSA) is 47.9 Å². The van der Waals surface area contributed by atoms with Crippen LogP contribution in [0.3, 0.4) is 0 Å². The van der Waals surface area contributed by atoms with Crippen molar-refractivity contribution in [3.8, 4) is 23.3 Å². The second kappa shape index (κ2) is 6.88. The summed E-state index contributed by atoms with van der Waals surface area (Å²) in [4.78, 5) is 4.18. The largest absolute Gasteiger partial charge is 0.457 e. The number of halogens is 1. The lowest BCUT2D eigenvalue weighted by molar-refractivity contribution is 0.473. The van der Waals surface area contributed by atoms with Crippen LogP contribution in [0.15, 0.2) is 48.7 Å². The van der Waals surface area contributed by atoms with Crippen LogP contribution >= 0.6 is 0 Å². The minimum atomic E-state index is -0.334. The van der Waals surface area contributed by atoms with Crippen molar-refractivity contribution in [1.29, 1.82) is 0 Å². The van der Waals surface area contributed by atoms with Gasteiger partial charge in [-0.25, -0.2) is 9.37 Å². The zero-order valence-corrected chi connectivity index (χ0v) is 13.2. The second-order valence-corrected chi connectivity index (χ2v) is 5.21. The maximum atomic E-state index is 13.2. The Labute approximate surface area is 139 Å². The monoisotopic (exact) mass is 319 g/mol. The molecule has 0 saturated carbocycles. The summed E-state index contributed by atoms with van der Waals surface area (Å²) in [5.74, 6) is 7.03. The van der Waals surface area contributed by atoms with Gasteiger partial charge in [0.25, 0.3) is 0 Å². The van der Waals surface area contributed by atoms with Crippen LogP contribution < -0.4 is 4.74 Å². The van der Waals surface area contributed by atoms with Gasteiger partial charge in [-0.1, -0.05) is 12.0 Å². The molecule has 3 rings (SSSR count). The van der Waals surface area contributed by atoms with Crippen molar-refractivity contribution in [3.63, 3.8) is 0 Å². The number of rotatable bonds is 2. The highest BCUT2D eigenvalue weighted by Gasteiger charge is 2.03. The molecule has 4 nitrogen and oxygen atoms in total. The molecule has 0 spiro atoms. The van der Waals surface area contributed by atoms with Gasteiger partial charge in [-0.3, -0.25) is 0 Å². The number of aryl methyl sites for hydroxylation is 2. The van der Waals surface area contributed by atoms with Crippen molar-refractivity contribution in [1.82, 2.24) is 15.2 Å². The fourth-order valence-electron chi connectivity index (χ4n) is 2.07. The van der Waals surface area contributed by atoms with Gasteiger partial charge in [0, 0.05) is 11.6 Å². The minimum Gasteiger partial charge on any atom is -0.457 e. The number of aromatic nitrogens is 3. The molecule has 3 aromatic rings. The molecule has 0 atom stereocenters. The summed E-state index contributed by atoms with van der Waals surface area (Å²) in [6.45, 7) is 3.74. The highest BCUT2D eigenvalue weighted by molar-refractivity contribution is 5.46. The van der Waals surface area contributed by atoms with E-state index >= 15 is 0 Å². The zero-order valence-electron chi connectivity index (χ0n) is 13.2. The Hall–Kier alpha value is -3.26. The van der Waals surface area contributed by atoms with Crippen LogP contribution in [0.1, 0.15) is 22.6 Å². The molecule has 0 aliphatic carbocycles. The number of hydrogen-bond acceptors (Lipinski definition) is 4. The maximum absolute atomic E-state index is 13.2. The number of nitrogens with zero attached hydrogens (tertiary/aromatic N) is 3. The third kappa shape index (κ3) is 3.93. The Kier molecular flexibility index (Phi) is 4.48. The van der Waals surface area contributed by atoms with Gasteiger partial charge in [0.2, 0.25) is 5.82 Å². The van der Waals surface area contributed by atoms with E-state index in [0.717, 1.165) is 16.8 Å². The Balaban J connectivity index is 1.80. The van der Waals surface area contributed by atoms with E-state index < -0.39 is 0 Å². The number of hydrogen-bond donors (Lipinski definition) is 0. The Morgan fingerprint density at radius 2 is 1.92 bits per heavy atom. The first-order valence-electron chi connectivity index (χ1n) is 7.32. The summed E-state index contributed by atoms with van der Waals surface area (Å²) in [5, 5.41) is 7.68. The molecule has 1 heterocycles. The highest BCUT2D eigenvalue weighted by Crippen LogP contribution is 2.26. The molecule has 1 aromatic heterocycles. The smallest absolute Gasteiger partial charge is 0.226 e.